The Morgan fingerprint density at radius 3 is 2.41 bits per heavy atom. The zero-order valence-electron chi connectivity index (χ0n) is 15.5. The number of amides is 1. The Balaban J connectivity index is 1.48. The molecule has 1 aliphatic carbocycles. The molecule has 1 saturated carbocycles. The smallest absolute Gasteiger partial charge is 0.335 e. The van der Waals surface area contributed by atoms with E-state index in [1.54, 1.807) is 41.3 Å². The van der Waals surface area contributed by atoms with Crippen LogP contribution in [0.5, 0.6) is 0 Å². The lowest BCUT2D eigenvalue weighted by molar-refractivity contribution is -0.120. The molecule has 0 radical (unpaired) electrons. The highest BCUT2D eigenvalue weighted by atomic mass is 19.1. The zero-order chi connectivity index (χ0) is 20.2. The monoisotopic (exact) mass is 387 g/mol. The molecule has 3 aromatic carbocycles. The van der Waals surface area contributed by atoms with Crippen LogP contribution in [0.4, 0.5) is 10.1 Å². The van der Waals surface area contributed by atoms with E-state index in [-0.39, 0.29) is 23.2 Å². The number of hydrogen-bond acceptors (Lipinski definition) is 2. The fourth-order valence-corrected chi connectivity index (χ4v) is 4.54. The molecule has 1 N–H and O–H groups in total. The molecule has 1 amide bonds. The molecular weight excluding hydrogens is 369 g/mol. The van der Waals surface area contributed by atoms with Crippen molar-refractivity contribution >= 4 is 17.6 Å². The minimum absolute atomic E-state index is 0.0381. The molecule has 1 heterocycles. The summed E-state index contributed by atoms with van der Waals surface area (Å²) in [5.41, 5.74) is 3.38. The van der Waals surface area contributed by atoms with E-state index >= 15 is 0 Å². The predicted octanol–water partition coefficient (Wildman–Crippen LogP) is 4.50. The lowest BCUT2D eigenvalue weighted by atomic mass is 9.92. The third-order valence-electron chi connectivity index (χ3n) is 6.08. The molecule has 2 atom stereocenters. The molecule has 0 saturated heterocycles. The van der Waals surface area contributed by atoms with Gasteiger partial charge in [0, 0.05) is 11.6 Å². The number of carbonyl (C=O) groups is 2. The molecule has 0 unspecified atom stereocenters. The van der Waals surface area contributed by atoms with Crippen LogP contribution in [0, 0.1) is 5.82 Å². The van der Waals surface area contributed by atoms with Crippen molar-refractivity contribution in [3.05, 3.63) is 101 Å². The van der Waals surface area contributed by atoms with Crippen molar-refractivity contribution in [2.45, 2.75) is 24.3 Å². The molecule has 3 aromatic rings. The van der Waals surface area contributed by atoms with E-state index in [0.717, 1.165) is 22.4 Å². The first kappa shape index (κ1) is 17.6. The maximum absolute atomic E-state index is 13.5. The Kier molecular flexibility index (Phi) is 3.81. The number of carboxylic acid groups (broad SMARTS) is 1. The Morgan fingerprint density at radius 2 is 1.72 bits per heavy atom. The van der Waals surface area contributed by atoms with Crippen LogP contribution in [0.1, 0.15) is 39.4 Å². The summed E-state index contributed by atoms with van der Waals surface area (Å²) in [4.78, 5) is 26.4. The van der Waals surface area contributed by atoms with Gasteiger partial charge in [-0.15, -0.1) is 0 Å². The van der Waals surface area contributed by atoms with E-state index in [4.69, 9.17) is 5.11 Å². The maximum Gasteiger partial charge on any atom is 0.335 e. The summed E-state index contributed by atoms with van der Waals surface area (Å²) in [6, 6.07) is 20.8. The van der Waals surface area contributed by atoms with Gasteiger partial charge in [-0.3, -0.25) is 4.79 Å². The minimum atomic E-state index is -0.974. The third-order valence-corrected chi connectivity index (χ3v) is 6.08. The second-order valence-electron chi connectivity index (χ2n) is 7.69. The number of benzene rings is 3. The number of halogens is 1. The van der Waals surface area contributed by atoms with Gasteiger partial charge in [-0.05, 0) is 53.4 Å². The quantitative estimate of drug-likeness (QED) is 0.717. The Labute approximate surface area is 167 Å². The van der Waals surface area contributed by atoms with Crippen LogP contribution in [0.15, 0.2) is 72.8 Å². The first-order valence-corrected chi connectivity index (χ1v) is 9.50. The largest absolute Gasteiger partial charge is 0.478 e. The van der Waals surface area contributed by atoms with Gasteiger partial charge in [0.05, 0.1) is 17.5 Å². The standard InChI is InChI=1S/C24H18FNO3/c25-18-11-9-16(10-12-18)20-13-24(20)19-3-1-2-4-21(19)26(23(24)29)14-15-5-7-17(8-6-15)22(27)28/h1-12,20H,13-14H2,(H,27,28)/t20-,24-/m1/s1. The second kappa shape index (κ2) is 6.27. The third kappa shape index (κ3) is 2.65. The molecule has 1 spiro atoms. The van der Waals surface area contributed by atoms with E-state index in [1.807, 2.05) is 24.3 Å². The molecule has 5 heteroatoms. The highest BCUT2D eigenvalue weighted by Crippen LogP contribution is 2.66. The maximum atomic E-state index is 13.5. The summed E-state index contributed by atoms with van der Waals surface area (Å²) in [6.45, 7) is 0.383. The van der Waals surface area contributed by atoms with Crippen molar-refractivity contribution in [3.63, 3.8) is 0 Å². The van der Waals surface area contributed by atoms with Crippen LogP contribution < -0.4 is 4.90 Å². The number of aromatic carboxylic acids is 1. The Hall–Kier alpha value is -3.47. The van der Waals surface area contributed by atoms with Crippen molar-refractivity contribution < 1.29 is 19.1 Å². The van der Waals surface area contributed by atoms with Gasteiger partial charge >= 0.3 is 5.97 Å². The second-order valence-corrected chi connectivity index (χ2v) is 7.69. The molecule has 0 bridgehead atoms. The molecule has 5 rings (SSSR count). The van der Waals surface area contributed by atoms with Crippen molar-refractivity contribution in [1.82, 2.24) is 0 Å². The molecule has 2 aliphatic rings. The summed E-state index contributed by atoms with van der Waals surface area (Å²) in [7, 11) is 0. The summed E-state index contributed by atoms with van der Waals surface area (Å²) >= 11 is 0. The van der Waals surface area contributed by atoms with Gasteiger partial charge in [0.1, 0.15) is 5.82 Å². The fraction of sp³-hybridized carbons (Fsp3) is 0.167. The van der Waals surface area contributed by atoms with E-state index in [1.165, 1.54) is 12.1 Å². The molecule has 1 aliphatic heterocycles. The van der Waals surface area contributed by atoms with Gasteiger partial charge in [-0.2, -0.15) is 0 Å². The van der Waals surface area contributed by atoms with Crippen LogP contribution >= 0.6 is 0 Å². The average Bonchev–Trinajstić information content (AvgIpc) is 3.44. The van der Waals surface area contributed by atoms with E-state index in [9.17, 15) is 14.0 Å². The lowest BCUT2D eigenvalue weighted by Crippen LogP contribution is -2.32. The first-order chi connectivity index (χ1) is 14.0. The lowest BCUT2D eigenvalue weighted by Gasteiger charge is -2.18. The zero-order valence-corrected chi connectivity index (χ0v) is 15.5. The molecule has 144 valence electrons. The van der Waals surface area contributed by atoms with Crippen LogP contribution in [0.3, 0.4) is 0 Å². The normalized spacial score (nSPS) is 22.0. The fourth-order valence-electron chi connectivity index (χ4n) is 4.54. The van der Waals surface area contributed by atoms with Crippen LogP contribution in [-0.2, 0) is 16.8 Å². The Morgan fingerprint density at radius 1 is 1.03 bits per heavy atom. The number of rotatable bonds is 4. The van der Waals surface area contributed by atoms with Crippen LogP contribution in [-0.4, -0.2) is 17.0 Å². The van der Waals surface area contributed by atoms with Gasteiger partial charge in [-0.1, -0.05) is 42.5 Å². The number of para-hydroxylation sites is 1. The van der Waals surface area contributed by atoms with Crippen LogP contribution in [0.25, 0.3) is 0 Å². The van der Waals surface area contributed by atoms with Gasteiger partial charge < -0.3 is 10.0 Å². The molecular formula is C24H18FNO3. The first-order valence-electron chi connectivity index (χ1n) is 9.50. The van der Waals surface area contributed by atoms with Crippen molar-refractivity contribution in [2.75, 3.05) is 4.90 Å². The minimum Gasteiger partial charge on any atom is -0.478 e. The van der Waals surface area contributed by atoms with Crippen molar-refractivity contribution in [2.24, 2.45) is 0 Å². The van der Waals surface area contributed by atoms with Crippen molar-refractivity contribution in [1.29, 1.82) is 0 Å². The molecule has 29 heavy (non-hydrogen) atoms. The number of hydrogen-bond donors (Lipinski definition) is 1. The highest BCUT2D eigenvalue weighted by molar-refractivity contribution is 6.11. The summed E-state index contributed by atoms with van der Waals surface area (Å²) in [6.07, 6.45) is 0.711. The molecule has 4 nitrogen and oxygen atoms in total. The summed E-state index contributed by atoms with van der Waals surface area (Å²) in [5, 5.41) is 9.08. The molecule has 0 aromatic heterocycles. The Bertz CT molecular complexity index is 1120. The van der Waals surface area contributed by atoms with Gasteiger partial charge in [-0.25, -0.2) is 9.18 Å². The van der Waals surface area contributed by atoms with Gasteiger partial charge in [0.15, 0.2) is 0 Å². The molecule has 1 fully saturated rings. The van der Waals surface area contributed by atoms with E-state index < -0.39 is 11.4 Å². The number of carboxylic acids is 1. The van der Waals surface area contributed by atoms with Gasteiger partial charge in [0.2, 0.25) is 5.91 Å². The highest BCUT2D eigenvalue weighted by Gasteiger charge is 2.66. The average molecular weight is 387 g/mol. The number of fused-ring (bicyclic) bond motifs is 2. The SMILES string of the molecule is O=C(O)c1ccc(CN2C(=O)[C@]3(C[C@@H]3c3ccc(F)cc3)c3ccccc32)cc1. The number of anilines is 1. The van der Waals surface area contributed by atoms with E-state index in [0.29, 0.717) is 13.0 Å². The number of nitrogens with zero attached hydrogens (tertiary/aromatic N) is 1. The predicted molar refractivity (Wildman–Crippen MR) is 106 cm³/mol. The van der Waals surface area contributed by atoms with E-state index in [2.05, 4.69) is 0 Å². The summed E-state index contributed by atoms with van der Waals surface area (Å²) in [5.74, 6) is -1.17. The summed E-state index contributed by atoms with van der Waals surface area (Å²) < 4.78 is 13.3. The van der Waals surface area contributed by atoms with Crippen LogP contribution in [0.2, 0.25) is 0 Å². The van der Waals surface area contributed by atoms with Crippen molar-refractivity contribution in [3.8, 4) is 0 Å². The topological polar surface area (TPSA) is 57.6 Å². The number of carbonyl (C=O) groups excluding carboxylic acids is 1. The van der Waals surface area contributed by atoms with Gasteiger partial charge in [0.25, 0.3) is 0 Å².